The summed E-state index contributed by atoms with van der Waals surface area (Å²) in [6.07, 6.45) is 6.00. The third-order valence-electron chi connectivity index (χ3n) is 4.25. The second kappa shape index (κ2) is 5.86. The van der Waals surface area contributed by atoms with Crippen LogP contribution in [0, 0.1) is 12.8 Å². The van der Waals surface area contributed by atoms with Crippen molar-refractivity contribution >= 4 is 17.4 Å². The van der Waals surface area contributed by atoms with Gasteiger partial charge in [-0.25, -0.2) is 9.97 Å². The SMILES string of the molecule is CCc1nc(Cl)c(C)c(NC2CCOC(C3CC3)C2)n1. The highest BCUT2D eigenvalue weighted by Crippen LogP contribution is 2.38. The Kier molecular flexibility index (Phi) is 4.13. The summed E-state index contributed by atoms with van der Waals surface area (Å²) >= 11 is 6.19. The number of nitrogens with one attached hydrogen (secondary N) is 1. The largest absolute Gasteiger partial charge is 0.378 e. The lowest BCUT2D eigenvalue weighted by atomic mass is 10.00. The summed E-state index contributed by atoms with van der Waals surface area (Å²) in [7, 11) is 0. The highest BCUT2D eigenvalue weighted by Gasteiger charge is 2.36. The van der Waals surface area contributed by atoms with E-state index in [-0.39, 0.29) is 0 Å². The molecule has 1 aromatic heterocycles. The molecule has 1 N–H and O–H groups in total. The first-order valence-electron chi connectivity index (χ1n) is 7.58. The average Bonchev–Trinajstić information content (AvgIpc) is 3.28. The molecule has 4 nitrogen and oxygen atoms in total. The molecule has 1 saturated carbocycles. The van der Waals surface area contributed by atoms with Crippen LogP contribution in [0.1, 0.15) is 44.0 Å². The molecule has 0 spiro atoms. The van der Waals surface area contributed by atoms with Gasteiger partial charge in [-0.2, -0.15) is 0 Å². The monoisotopic (exact) mass is 295 g/mol. The van der Waals surface area contributed by atoms with Gasteiger partial charge in [0.05, 0.1) is 6.10 Å². The molecule has 1 saturated heterocycles. The van der Waals surface area contributed by atoms with Crippen molar-refractivity contribution in [1.82, 2.24) is 9.97 Å². The van der Waals surface area contributed by atoms with E-state index in [9.17, 15) is 0 Å². The summed E-state index contributed by atoms with van der Waals surface area (Å²) in [5.74, 6) is 2.48. The van der Waals surface area contributed by atoms with Crippen LogP contribution in [0.15, 0.2) is 0 Å². The fraction of sp³-hybridized carbons (Fsp3) is 0.733. The first-order valence-corrected chi connectivity index (χ1v) is 7.96. The van der Waals surface area contributed by atoms with Gasteiger partial charge in [-0.05, 0) is 38.5 Å². The van der Waals surface area contributed by atoms with Gasteiger partial charge in [0.15, 0.2) is 0 Å². The molecular weight excluding hydrogens is 274 g/mol. The maximum atomic E-state index is 6.19. The van der Waals surface area contributed by atoms with Crippen LogP contribution in [0.5, 0.6) is 0 Å². The van der Waals surface area contributed by atoms with Crippen molar-refractivity contribution in [2.75, 3.05) is 11.9 Å². The minimum absolute atomic E-state index is 0.434. The van der Waals surface area contributed by atoms with E-state index in [1.54, 1.807) is 0 Å². The highest BCUT2D eigenvalue weighted by atomic mass is 35.5. The van der Waals surface area contributed by atoms with E-state index in [0.717, 1.165) is 49.0 Å². The standard InChI is InChI=1S/C15H22ClN3O/c1-3-13-18-14(16)9(2)15(19-13)17-11-6-7-20-12(8-11)10-4-5-10/h10-12H,3-8H2,1-2H3,(H,17,18,19). The van der Waals surface area contributed by atoms with Gasteiger partial charge in [0, 0.05) is 24.6 Å². The van der Waals surface area contributed by atoms with Crippen LogP contribution in [-0.4, -0.2) is 28.7 Å². The van der Waals surface area contributed by atoms with Crippen LogP contribution in [0.3, 0.4) is 0 Å². The minimum Gasteiger partial charge on any atom is -0.378 e. The van der Waals surface area contributed by atoms with Crippen molar-refractivity contribution in [3.05, 3.63) is 16.5 Å². The van der Waals surface area contributed by atoms with Crippen LogP contribution in [0.4, 0.5) is 5.82 Å². The van der Waals surface area contributed by atoms with E-state index in [0.29, 0.717) is 17.3 Å². The first kappa shape index (κ1) is 14.1. The maximum Gasteiger partial charge on any atom is 0.137 e. The van der Waals surface area contributed by atoms with Gasteiger partial charge in [-0.1, -0.05) is 18.5 Å². The normalized spacial score (nSPS) is 26.6. The second-order valence-electron chi connectivity index (χ2n) is 5.87. The molecule has 1 aliphatic heterocycles. The molecule has 1 aromatic rings. The van der Waals surface area contributed by atoms with E-state index < -0.39 is 0 Å². The summed E-state index contributed by atoms with van der Waals surface area (Å²) in [5.41, 5.74) is 0.943. The molecule has 110 valence electrons. The molecule has 2 unspecified atom stereocenters. The zero-order chi connectivity index (χ0) is 14.1. The van der Waals surface area contributed by atoms with Crippen molar-refractivity contribution < 1.29 is 4.74 Å². The molecule has 20 heavy (non-hydrogen) atoms. The third kappa shape index (κ3) is 3.07. The Balaban J connectivity index is 1.71. The van der Waals surface area contributed by atoms with Crippen LogP contribution in [-0.2, 0) is 11.2 Å². The Bertz CT molecular complexity index is 490. The van der Waals surface area contributed by atoms with Crippen molar-refractivity contribution in [2.45, 2.75) is 58.1 Å². The third-order valence-corrected chi connectivity index (χ3v) is 4.62. The van der Waals surface area contributed by atoms with Crippen molar-refractivity contribution in [1.29, 1.82) is 0 Å². The number of nitrogens with zero attached hydrogens (tertiary/aromatic N) is 2. The smallest absolute Gasteiger partial charge is 0.137 e. The number of ether oxygens (including phenoxy) is 1. The lowest BCUT2D eigenvalue weighted by molar-refractivity contribution is -0.00224. The van der Waals surface area contributed by atoms with Crippen molar-refractivity contribution in [3.63, 3.8) is 0 Å². The molecule has 2 aliphatic rings. The van der Waals surface area contributed by atoms with Gasteiger partial charge in [0.1, 0.15) is 16.8 Å². The number of anilines is 1. The molecule has 2 atom stereocenters. The fourth-order valence-corrected chi connectivity index (χ4v) is 2.97. The Morgan fingerprint density at radius 1 is 1.30 bits per heavy atom. The zero-order valence-electron chi connectivity index (χ0n) is 12.2. The molecule has 5 heteroatoms. The van der Waals surface area contributed by atoms with Crippen molar-refractivity contribution in [3.8, 4) is 0 Å². The number of hydrogen-bond acceptors (Lipinski definition) is 4. The van der Waals surface area contributed by atoms with E-state index >= 15 is 0 Å². The number of aromatic nitrogens is 2. The topological polar surface area (TPSA) is 47.0 Å². The number of halogens is 1. The number of aryl methyl sites for hydroxylation is 1. The molecule has 1 aliphatic carbocycles. The zero-order valence-corrected chi connectivity index (χ0v) is 12.9. The summed E-state index contributed by atoms with van der Waals surface area (Å²) in [6.45, 7) is 4.86. The maximum absolute atomic E-state index is 6.19. The summed E-state index contributed by atoms with van der Waals surface area (Å²) in [5, 5.41) is 4.12. The second-order valence-corrected chi connectivity index (χ2v) is 6.23. The fourth-order valence-electron chi connectivity index (χ4n) is 2.78. The molecule has 3 rings (SSSR count). The predicted molar refractivity (Wildman–Crippen MR) is 80.3 cm³/mol. The van der Waals surface area contributed by atoms with Crippen LogP contribution in [0.25, 0.3) is 0 Å². The van der Waals surface area contributed by atoms with Crippen LogP contribution < -0.4 is 5.32 Å². The number of rotatable bonds is 4. The molecule has 0 radical (unpaired) electrons. The highest BCUT2D eigenvalue weighted by molar-refractivity contribution is 6.30. The molecule has 2 fully saturated rings. The summed E-state index contributed by atoms with van der Waals surface area (Å²) < 4.78 is 5.87. The van der Waals surface area contributed by atoms with E-state index in [1.807, 2.05) is 13.8 Å². The molecule has 0 aromatic carbocycles. The first-order chi connectivity index (χ1) is 9.67. The lowest BCUT2D eigenvalue weighted by Gasteiger charge is -2.31. The van der Waals surface area contributed by atoms with Gasteiger partial charge in [-0.3, -0.25) is 0 Å². The molecule has 0 amide bonds. The van der Waals surface area contributed by atoms with E-state index in [4.69, 9.17) is 16.3 Å². The predicted octanol–water partition coefficient (Wildman–Crippen LogP) is 3.37. The summed E-state index contributed by atoms with van der Waals surface area (Å²) in [6, 6.07) is 0.434. The van der Waals surface area contributed by atoms with E-state index in [2.05, 4.69) is 15.3 Å². The van der Waals surface area contributed by atoms with Gasteiger partial charge in [0.25, 0.3) is 0 Å². The van der Waals surface area contributed by atoms with Crippen LogP contribution in [0.2, 0.25) is 5.15 Å². The Hall–Kier alpha value is -0.870. The lowest BCUT2D eigenvalue weighted by Crippen LogP contribution is -2.35. The molecule has 2 heterocycles. The van der Waals surface area contributed by atoms with Gasteiger partial charge in [0.2, 0.25) is 0 Å². The average molecular weight is 296 g/mol. The Morgan fingerprint density at radius 2 is 2.10 bits per heavy atom. The van der Waals surface area contributed by atoms with Crippen LogP contribution >= 0.6 is 11.6 Å². The van der Waals surface area contributed by atoms with Crippen molar-refractivity contribution in [2.24, 2.45) is 5.92 Å². The Morgan fingerprint density at radius 3 is 2.80 bits per heavy atom. The Labute approximate surface area is 125 Å². The number of hydrogen-bond donors (Lipinski definition) is 1. The molecule has 0 bridgehead atoms. The minimum atomic E-state index is 0.434. The van der Waals surface area contributed by atoms with Gasteiger partial charge < -0.3 is 10.1 Å². The molecular formula is C15H22ClN3O. The van der Waals surface area contributed by atoms with Gasteiger partial charge >= 0.3 is 0 Å². The van der Waals surface area contributed by atoms with Gasteiger partial charge in [-0.15, -0.1) is 0 Å². The van der Waals surface area contributed by atoms with E-state index in [1.165, 1.54) is 12.8 Å². The summed E-state index contributed by atoms with van der Waals surface area (Å²) in [4.78, 5) is 8.87. The quantitative estimate of drug-likeness (QED) is 0.865.